The second kappa shape index (κ2) is 11.6. The summed E-state index contributed by atoms with van der Waals surface area (Å²) in [5, 5.41) is 3.52. The van der Waals surface area contributed by atoms with Crippen LogP contribution >= 0.6 is 0 Å². The van der Waals surface area contributed by atoms with Gasteiger partial charge in [0.05, 0.1) is 6.61 Å². The number of ether oxygens (including phenoxy) is 1. The van der Waals surface area contributed by atoms with Gasteiger partial charge in [0.2, 0.25) is 0 Å². The van der Waals surface area contributed by atoms with Crippen molar-refractivity contribution in [2.24, 2.45) is 0 Å². The highest BCUT2D eigenvalue weighted by molar-refractivity contribution is 4.83. The molecule has 0 saturated carbocycles. The average Bonchev–Trinajstić information content (AvgIpc) is 2.25. The van der Waals surface area contributed by atoms with Gasteiger partial charge in [0, 0.05) is 19.6 Å². The van der Waals surface area contributed by atoms with Crippen LogP contribution in [-0.4, -0.2) is 26.3 Å². The van der Waals surface area contributed by atoms with E-state index in [0.717, 1.165) is 32.4 Å². The van der Waals surface area contributed by atoms with Crippen molar-refractivity contribution in [1.29, 1.82) is 0 Å². The van der Waals surface area contributed by atoms with Crippen molar-refractivity contribution in [3.05, 3.63) is 0 Å². The summed E-state index contributed by atoms with van der Waals surface area (Å²) >= 11 is 0. The van der Waals surface area contributed by atoms with Crippen LogP contribution in [0.4, 0.5) is 0 Å². The van der Waals surface area contributed by atoms with Gasteiger partial charge in [0.15, 0.2) is 0 Å². The summed E-state index contributed by atoms with van der Waals surface area (Å²) in [4.78, 5) is 0. The fraction of sp³-hybridized carbons (Fsp3) is 0.846. The summed E-state index contributed by atoms with van der Waals surface area (Å²) in [6.07, 6.45) is 12.1. The number of hydrogen-bond acceptors (Lipinski definition) is 2. The fourth-order valence-electron chi connectivity index (χ4n) is 1.55. The molecule has 2 nitrogen and oxygen atoms in total. The summed E-state index contributed by atoms with van der Waals surface area (Å²) < 4.78 is 5.18. The lowest BCUT2D eigenvalue weighted by atomic mass is 10.1. The second-order valence-electron chi connectivity index (χ2n) is 3.91. The third-order valence-electron chi connectivity index (χ3n) is 2.45. The van der Waals surface area contributed by atoms with E-state index in [9.17, 15) is 0 Å². The van der Waals surface area contributed by atoms with E-state index in [2.05, 4.69) is 18.2 Å². The average molecular weight is 211 g/mol. The Morgan fingerprint density at radius 3 is 2.73 bits per heavy atom. The summed E-state index contributed by atoms with van der Waals surface area (Å²) in [6, 6.07) is 0.515. The molecule has 0 fully saturated rings. The molecule has 2 heteroatoms. The summed E-state index contributed by atoms with van der Waals surface area (Å²) in [7, 11) is 1.76. The van der Waals surface area contributed by atoms with Crippen molar-refractivity contribution in [3.8, 4) is 12.3 Å². The molecule has 88 valence electrons. The molecule has 0 spiro atoms. The Kier molecular flexibility index (Phi) is 11.2. The fourth-order valence-corrected chi connectivity index (χ4v) is 1.55. The van der Waals surface area contributed by atoms with Crippen LogP contribution in [0.25, 0.3) is 0 Å². The molecule has 0 aromatic heterocycles. The Labute approximate surface area is 94.8 Å². The molecule has 15 heavy (non-hydrogen) atoms. The Bertz CT molecular complexity index is 162. The van der Waals surface area contributed by atoms with Gasteiger partial charge in [0.1, 0.15) is 0 Å². The molecule has 0 amide bonds. The van der Waals surface area contributed by atoms with Crippen LogP contribution < -0.4 is 5.32 Å². The third kappa shape index (κ3) is 9.78. The van der Waals surface area contributed by atoms with E-state index in [-0.39, 0.29) is 0 Å². The van der Waals surface area contributed by atoms with Crippen molar-refractivity contribution in [2.45, 2.75) is 51.5 Å². The lowest BCUT2D eigenvalue weighted by Crippen LogP contribution is -2.33. The summed E-state index contributed by atoms with van der Waals surface area (Å²) in [5.74, 6) is 2.66. The van der Waals surface area contributed by atoms with Crippen LogP contribution in [0.15, 0.2) is 0 Å². The van der Waals surface area contributed by atoms with E-state index < -0.39 is 0 Å². The maximum absolute atomic E-state index is 5.19. The predicted molar refractivity (Wildman–Crippen MR) is 65.9 cm³/mol. The first-order valence-electron chi connectivity index (χ1n) is 6.00. The van der Waals surface area contributed by atoms with Gasteiger partial charge in [-0.3, -0.25) is 0 Å². The number of unbranched alkanes of at least 4 members (excludes halogenated alkanes) is 3. The number of rotatable bonds is 10. The van der Waals surface area contributed by atoms with E-state index in [1.54, 1.807) is 7.11 Å². The minimum Gasteiger partial charge on any atom is -0.383 e. The van der Waals surface area contributed by atoms with Crippen molar-refractivity contribution >= 4 is 0 Å². The Hall–Kier alpha value is -0.520. The zero-order valence-corrected chi connectivity index (χ0v) is 10.2. The van der Waals surface area contributed by atoms with Crippen LogP contribution in [-0.2, 0) is 4.74 Å². The van der Waals surface area contributed by atoms with Crippen molar-refractivity contribution in [3.63, 3.8) is 0 Å². The third-order valence-corrected chi connectivity index (χ3v) is 2.45. The summed E-state index contributed by atoms with van der Waals surface area (Å²) in [6.45, 7) is 4.09. The quantitative estimate of drug-likeness (QED) is 0.443. The molecule has 1 atom stereocenters. The largest absolute Gasteiger partial charge is 0.383 e. The van der Waals surface area contributed by atoms with Crippen molar-refractivity contribution < 1.29 is 4.74 Å². The molecule has 0 radical (unpaired) electrons. The van der Waals surface area contributed by atoms with Crippen LogP contribution in [0.3, 0.4) is 0 Å². The van der Waals surface area contributed by atoms with Gasteiger partial charge < -0.3 is 10.1 Å². The molecule has 0 aliphatic heterocycles. The summed E-state index contributed by atoms with van der Waals surface area (Å²) in [5.41, 5.74) is 0. The van der Waals surface area contributed by atoms with Crippen molar-refractivity contribution in [1.82, 2.24) is 5.32 Å². The maximum Gasteiger partial charge on any atom is 0.0615 e. The van der Waals surface area contributed by atoms with Gasteiger partial charge >= 0.3 is 0 Å². The van der Waals surface area contributed by atoms with E-state index in [4.69, 9.17) is 11.2 Å². The zero-order valence-electron chi connectivity index (χ0n) is 10.2. The smallest absolute Gasteiger partial charge is 0.0615 e. The Morgan fingerprint density at radius 2 is 2.13 bits per heavy atom. The molecule has 0 rings (SSSR count). The number of terminal acetylenes is 1. The maximum atomic E-state index is 5.19. The molecule has 0 aromatic carbocycles. The molecule has 0 aliphatic rings. The van der Waals surface area contributed by atoms with Crippen LogP contribution in [0.2, 0.25) is 0 Å². The van der Waals surface area contributed by atoms with E-state index in [1.807, 2.05) is 0 Å². The second-order valence-corrected chi connectivity index (χ2v) is 3.91. The molecule has 1 unspecified atom stereocenters. The molecule has 0 aliphatic carbocycles. The minimum absolute atomic E-state index is 0.515. The minimum atomic E-state index is 0.515. The zero-order chi connectivity index (χ0) is 11.4. The SMILES string of the molecule is C#CCCCCNC(CCCC)COC. The van der Waals surface area contributed by atoms with E-state index in [1.165, 1.54) is 19.3 Å². The molecule has 0 saturated heterocycles. The molecule has 0 heterocycles. The first kappa shape index (κ1) is 14.5. The van der Waals surface area contributed by atoms with Gasteiger partial charge in [-0.1, -0.05) is 19.8 Å². The van der Waals surface area contributed by atoms with Gasteiger partial charge in [-0.25, -0.2) is 0 Å². The first-order valence-corrected chi connectivity index (χ1v) is 6.00. The Balaban J connectivity index is 3.43. The number of nitrogens with one attached hydrogen (secondary N) is 1. The lowest BCUT2D eigenvalue weighted by Gasteiger charge is -2.17. The lowest BCUT2D eigenvalue weighted by molar-refractivity contribution is 0.161. The molecular weight excluding hydrogens is 186 g/mol. The van der Waals surface area contributed by atoms with Crippen molar-refractivity contribution in [2.75, 3.05) is 20.3 Å². The van der Waals surface area contributed by atoms with Crippen LogP contribution in [0.5, 0.6) is 0 Å². The number of hydrogen-bond donors (Lipinski definition) is 1. The van der Waals surface area contributed by atoms with E-state index >= 15 is 0 Å². The highest BCUT2D eigenvalue weighted by atomic mass is 16.5. The van der Waals surface area contributed by atoms with E-state index in [0.29, 0.717) is 6.04 Å². The predicted octanol–water partition coefficient (Wildman–Crippen LogP) is 2.58. The standard InChI is InChI=1S/C13H25NO/c1-4-6-8-9-11-14-13(12-15-3)10-7-5-2/h1,13-14H,5-12H2,2-3H3. The van der Waals surface area contributed by atoms with Crippen LogP contribution in [0, 0.1) is 12.3 Å². The monoisotopic (exact) mass is 211 g/mol. The molecular formula is C13H25NO. The normalized spacial score (nSPS) is 12.3. The Morgan fingerprint density at radius 1 is 1.33 bits per heavy atom. The highest BCUT2D eigenvalue weighted by Crippen LogP contribution is 2.01. The first-order chi connectivity index (χ1) is 7.35. The topological polar surface area (TPSA) is 21.3 Å². The van der Waals surface area contributed by atoms with Gasteiger partial charge in [0.25, 0.3) is 0 Å². The van der Waals surface area contributed by atoms with Gasteiger partial charge in [-0.2, -0.15) is 0 Å². The van der Waals surface area contributed by atoms with Crippen LogP contribution in [0.1, 0.15) is 45.4 Å². The highest BCUT2D eigenvalue weighted by Gasteiger charge is 2.05. The molecule has 1 N–H and O–H groups in total. The van der Waals surface area contributed by atoms with Gasteiger partial charge in [-0.05, 0) is 25.8 Å². The van der Waals surface area contributed by atoms with Gasteiger partial charge in [-0.15, -0.1) is 12.3 Å². The number of methoxy groups -OCH3 is 1. The molecule has 0 bridgehead atoms. The molecule has 0 aromatic rings.